The molecule has 12 heavy (non-hydrogen) atoms. The van der Waals surface area contributed by atoms with Gasteiger partial charge in [0.05, 0.1) is 5.56 Å². The lowest BCUT2D eigenvalue weighted by Gasteiger charge is -1.97. The fourth-order valence-corrected chi connectivity index (χ4v) is 0.686. The van der Waals surface area contributed by atoms with E-state index in [1.54, 1.807) is 7.11 Å². The summed E-state index contributed by atoms with van der Waals surface area (Å²) in [6, 6.07) is 0. The highest BCUT2D eigenvalue weighted by molar-refractivity contribution is 5.91. The summed E-state index contributed by atoms with van der Waals surface area (Å²) in [5.74, 6) is 0.00136. The summed E-state index contributed by atoms with van der Waals surface area (Å²) in [6.45, 7) is 0.332. The Labute approximate surface area is 69.6 Å². The molecule has 2 N–H and O–H groups in total. The second kappa shape index (κ2) is 3.77. The molecular formula is C7H9N3O2. The van der Waals surface area contributed by atoms with Crippen molar-refractivity contribution in [2.45, 2.75) is 6.61 Å². The van der Waals surface area contributed by atoms with Crippen LogP contribution in [0.5, 0.6) is 0 Å². The summed E-state index contributed by atoms with van der Waals surface area (Å²) in [5, 5.41) is 0. The first kappa shape index (κ1) is 8.61. The quantitative estimate of drug-likeness (QED) is 0.671. The molecule has 0 aliphatic rings. The van der Waals surface area contributed by atoms with Crippen LogP contribution in [0, 0.1) is 0 Å². The highest BCUT2D eigenvalue weighted by atomic mass is 16.5. The molecule has 1 heterocycles. The molecule has 0 spiro atoms. The lowest BCUT2D eigenvalue weighted by Crippen LogP contribution is -2.12. The minimum Gasteiger partial charge on any atom is -0.377 e. The molecule has 64 valence electrons. The number of hydrogen-bond donors (Lipinski definition) is 1. The van der Waals surface area contributed by atoms with Crippen molar-refractivity contribution in [2.75, 3.05) is 7.11 Å². The fourth-order valence-electron chi connectivity index (χ4n) is 0.686. The summed E-state index contributed by atoms with van der Waals surface area (Å²) in [5.41, 5.74) is 5.29. The van der Waals surface area contributed by atoms with Gasteiger partial charge in [-0.2, -0.15) is 0 Å². The number of amides is 1. The molecule has 1 rings (SSSR count). The van der Waals surface area contributed by atoms with Crippen molar-refractivity contribution in [2.24, 2.45) is 5.73 Å². The summed E-state index contributed by atoms with van der Waals surface area (Å²) in [6.07, 6.45) is 2.76. The Morgan fingerprint density at radius 2 is 2.17 bits per heavy atom. The minimum absolute atomic E-state index is 0.301. The predicted octanol–water partition coefficient (Wildman–Crippen LogP) is -0.278. The van der Waals surface area contributed by atoms with Gasteiger partial charge < -0.3 is 10.5 Å². The van der Waals surface area contributed by atoms with Crippen molar-refractivity contribution in [1.29, 1.82) is 0 Å². The van der Waals surface area contributed by atoms with Crippen molar-refractivity contribution >= 4 is 5.91 Å². The van der Waals surface area contributed by atoms with Gasteiger partial charge in [0.25, 0.3) is 5.91 Å². The number of hydrogen-bond acceptors (Lipinski definition) is 4. The van der Waals surface area contributed by atoms with E-state index >= 15 is 0 Å². The van der Waals surface area contributed by atoms with Crippen LogP contribution in [-0.2, 0) is 11.3 Å². The molecule has 5 heteroatoms. The van der Waals surface area contributed by atoms with E-state index in [4.69, 9.17) is 10.5 Å². The molecule has 0 aromatic carbocycles. The van der Waals surface area contributed by atoms with Gasteiger partial charge in [-0.25, -0.2) is 9.97 Å². The average molecular weight is 167 g/mol. The van der Waals surface area contributed by atoms with Gasteiger partial charge in [-0.1, -0.05) is 0 Å². The van der Waals surface area contributed by atoms with E-state index in [2.05, 4.69) is 9.97 Å². The molecule has 1 aromatic rings. The van der Waals surface area contributed by atoms with Crippen LogP contribution in [0.4, 0.5) is 0 Å². The molecule has 0 bridgehead atoms. The maximum Gasteiger partial charge on any atom is 0.251 e. The van der Waals surface area contributed by atoms with Crippen LogP contribution in [0.15, 0.2) is 12.4 Å². The Balaban J connectivity index is 2.78. The van der Waals surface area contributed by atoms with Gasteiger partial charge in [0, 0.05) is 19.5 Å². The number of ether oxygens (including phenoxy) is 1. The monoisotopic (exact) mass is 167 g/mol. The molecule has 0 fully saturated rings. The third-order valence-corrected chi connectivity index (χ3v) is 1.26. The molecule has 0 saturated heterocycles. The average Bonchev–Trinajstić information content (AvgIpc) is 2.06. The van der Waals surface area contributed by atoms with E-state index in [1.807, 2.05) is 0 Å². The van der Waals surface area contributed by atoms with E-state index in [0.29, 0.717) is 18.0 Å². The van der Waals surface area contributed by atoms with Crippen LogP contribution in [0.1, 0.15) is 16.2 Å². The van der Waals surface area contributed by atoms with E-state index in [1.165, 1.54) is 12.4 Å². The number of carbonyl (C=O) groups excluding carboxylic acids is 1. The summed E-state index contributed by atoms with van der Waals surface area (Å²) >= 11 is 0. The van der Waals surface area contributed by atoms with E-state index in [9.17, 15) is 4.79 Å². The number of primary amides is 1. The van der Waals surface area contributed by atoms with Gasteiger partial charge in [-0.3, -0.25) is 4.79 Å². The normalized spacial score (nSPS) is 9.75. The Bertz CT molecular complexity index is 270. The second-order valence-corrected chi connectivity index (χ2v) is 2.19. The van der Waals surface area contributed by atoms with Crippen LogP contribution in [0.3, 0.4) is 0 Å². The summed E-state index contributed by atoms with van der Waals surface area (Å²) in [7, 11) is 1.55. The number of rotatable bonds is 3. The van der Waals surface area contributed by atoms with Crippen LogP contribution in [0.2, 0.25) is 0 Å². The van der Waals surface area contributed by atoms with Crippen LogP contribution >= 0.6 is 0 Å². The van der Waals surface area contributed by atoms with Gasteiger partial charge in [-0.05, 0) is 0 Å². The Morgan fingerprint density at radius 3 is 2.58 bits per heavy atom. The molecule has 0 saturated carbocycles. The summed E-state index contributed by atoms with van der Waals surface area (Å²) < 4.78 is 4.79. The van der Waals surface area contributed by atoms with Gasteiger partial charge in [0.1, 0.15) is 6.61 Å². The van der Waals surface area contributed by atoms with E-state index < -0.39 is 5.91 Å². The number of methoxy groups -OCH3 is 1. The first-order chi connectivity index (χ1) is 5.74. The Kier molecular flexibility index (Phi) is 2.71. The molecule has 1 amide bonds. The predicted molar refractivity (Wildman–Crippen MR) is 41.3 cm³/mol. The lowest BCUT2D eigenvalue weighted by atomic mass is 10.3. The zero-order valence-electron chi connectivity index (χ0n) is 6.65. The standard InChI is InChI=1S/C7H9N3O2/c1-12-4-6-9-2-5(3-10-6)7(8)11/h2-3H,4H2,1H3,(H2,8,11). The number of aromatic nitrogens is 2. The van der Waals surface area contributed by atoms with Crippen LogP contribution in [-0.4, -0.2) is 23.0 Å². The van der Waals surface area contributed by atoms with Gasteiger partial charge in [0.2, 0.25) is 0 Å². The molecule has 5 nitrogen and oxygen atoms in total. The molecular weight excluding hydrogens is 158 g/mol. The lowest BCUT2D eigenvalue weighted by molar-refractivity contribution is 0.0999. The van der Waals surface area contributed by atoms with Crippen molar-refractivity contribution in [3.8, 4) is 0 Å². The van der Waals surface area contributed by atoms with E-state index in [0.717, 1.165) is 0 Å². The van der Waals surface area contributed by atoms with Crippen molar-refractivity contribution in [3.05, 3.63) is 23.8 Å². The zero-order chi connectivity index (χ0) is 8.97. The molecule has 0 unspecified atom stereocenters. The Hall–Kier alpha value is -1.49. The molecule has 0 atom stereocenters. The topological polar surface area (TPSA) is 78.1 Å². The van der Waals surface area contributed by atoms with Crippen molar-refractivity contribution in [3.63, 3.8) is 0 Å². The zero-order valence-corrected chi connectivity index (χ0v) is 6.65. The molecule has 1 aromatic heterocycles. The fraction of sp³-hybridized carbons (Fsp3) is 0.286. The van der Waals surface area contributed by atoms with E-state index in [-0.39, 0.29) is 0 Å². The summed E-state index contributed by atoms with van der Waals surface area (Å²) in [4.78, 5) is 18.3. The maximum atomic E-state index is 10.6. The van der Waals surface area contributed by atoms with Gasteiger partial charge in [0.15, 0.2) is 5.82 Å². The minimum atomic E-state index is -0.529. The van der Waals surface area contributed by atoms with Crippen molar-refractivity contribution in [1.82, 2.24) is 9.97 Å². The highest BCUT2D eigenvalue weighted by Crippen LogP contribution is 1.95. The third-order valence-electron chi connectivity index (χ3n) is 1.26. The Morgan fingerprint density at radius 1 is 1.58 bits per heavy atom. The van der Waals surface area contributed by atoms with Gasteiger partial charge >= 0.3 is 0 Å². The smallest absolute Gasteiger partial charge is 0.251 e. The highest BCUT2D eigenvalue weighted by Gasteiger charge is 2.01. The van der Waals surface area contributed by atoms with Crippen LogP contribution < -0.4 is 5.73 Å². The number of carbonyl (C=O) groups is 1. The third kappa shape index (κ3) is 2.00. The molecule has 0 radical (unpaired) electrons. The SMILES string of the molecule is COCc1ncc(C(N)=O)cn1. The molecule has 0 aliphatic carbocycles. The van der Waals surface area contributed by atoms with Crippen LogP contribution in [0.25, 0.3) is 0 Å². The molecule has 0 aliphatic heterocycles. The second-order valence-electron chi connectivity index (χ2n) is 2.19. The van der Waals surface area contributed by atoms with Gasteiger partial charge in [-0.15, -0.1) is 0 Å². The number of nitrogens with zero attached hydrogens (tertiary/aromatic N) is 2. The maximum absolute atomic E-state index is 10.6. The van der Waals surface area contributed by atoms with Crippen molar-refractivity contribution < 1.29 is 9.53 Å². The first-order valence-corrected chi connectivity index (χ1v) is 3.33. The first-order valence-electron chi connectivity index (χ1n) is 3.33. The largest absolute Gasteiger partial charge is 0.377 e. The number of nitrogens with two attached hydrogens (primary N) is 1.